The van der Waals surface area contributed by atoms with E-state index in [2.05, 4.69) is 5.10 Å². The first-order chi connectivity index (χ1) is 11.2. The van der Waals surface area contributed by atoms with Gasteiger partial charge in [0.2, 0.25) is 0 Å². The second-order valence-corrected chi connectivity index (χ2v) is 7.46. The molecule has 126 valence electrons. The lowest BCUT2D eigenvalue weighted by molar-refractivity contribution is 0.0593. The van der Waals surface area contributed by atoms with Crippen LogP contribution in [0.4, 0.5) is 0 Å². The van der Waals surface area contributed by atoms with Crippen LogP contribution in [0, 0.1) is 0 Å². The topological polar surface area (TPSA) is 32.7 Å². The van der Waals surface area contributed by atoms with E-state index in [0.29, 0.717) is 20.6 Å². The second-order valence-electron chi connectivity index (χ2n) is 6.21. The van der Waals surface area contributed by atoms with Gasteiger partial charge in [0, 0.05) is 10.6 Å². The van der Waals surface area contributed by atoms with Crippen LogP contribution in [0.2, 0.25) is 15.1 Å². The zero-order valence-corrected chi connectivity index (χ0v) is 15.8. The first-order valence-corrected chi connectivity index (χ1v) is 8.41. The van der Waals surface area contributed by atoms with Gasteiger partial charge in [0.25, 0.3) is 5.91 Å². The third-order valence-corrected chi connectivity index (χ3v) is 4.18. The minimum absolute atomic E-state index is 0.258. The van der Waals surface area contributed by atoms with Gasteiger partial charge in [0.15, 0.2) is 0 Å². The van der Waals surface area contributed by atoms with E-state index in [9.17, 15) is 4.79 Å². The third kappa shape index (κ3) is 4.73. The monoisotopic (exact) mass is 382 g/mol. The minimum atomic E-state index is -0.508. The van der Waals surface area contributed by atoms with Crippen molar-refractivity contribution in [2.75, 3.05) is 0 Å². The van der Waals surface area contributed by atoms with E-state index in [1.165, 1.54) is 5.01 Å². The maximum absolute atomic E-state index is 12.8. The number of amides is 1. The largest absolute Gasteiger partial charge is 0.274 e. The molecule has 0 aliphatic carbocycles. The number of carbonyl (C=O) groups is 1. The van der Waals surface area contributed by atoms with Crippen LogP contribution in [-0.2, 0) is 0 Å². The Labute approximate surface area is 156 Å². The van der Waals surface area contributed by atoms with Crippen molar-refractivity contribution in [2.45, 2.75) is 26.3 Å². The van der Waals surface area contributed by atoms with E-state index < -0.39 is 5.54 Å². The molecule has 2 rings (SSSR count). The van der Waals surface area contributed by atoms with E-state index in [-0.39, 0.29) is 5.91 Å². The molecule has 2 aromatic rings. The summed E-state index contributed by atoms with van der Waals surface area (Å²) in [6.07, 6.45) is 1.62. The van der Waals surface area contributed by atoms with Crippen molar-refractivity contribution in [3.63, 3.8) is 0 Å². The number of hydrogen-bond donors (Lipinski definition) is 0. The normalized spacial score (nSPS) is 11.8. The highest BCUT2D eigenvalue weighted by molar-refractivity contribution is 6.42. The lowest BCUT2D eigenvalue weighted by atomic mass is 10.1. The smallest absolute Gasteiger partial charge is 0.267 e. The third-order valence-electron chi connectivity index (χ3n) is 3.19. The summed E-state index contributed by atoms with van der Waals surface area (Å²) in [6, 6.07) is 12.0. The molecule has 0 aliphatic rings. The molecule has 0 N–H and O–H groups in total. The Morgan fingerprint density at radius 2 is 1.62 bits per heavy atom. The molecule has 0 aromatic heterocycles. The number of benzene rings is 2. The molecular formula is C18H17Cl3N2O. The van der Waals surface area contributed by atoms with Crippen LogP contribution in [0.25, 0.3) is 0 Å². The van der Waals surface area contributed by atoms with Crippen molar-refractivity contribution in [1.29, 1.82) is 0 Å². The Balaban J connectivity index is 2.32. The number of halogens is 3. The molecule has 0 heterocycles. The molecule has 0 spiro atoms. The summed E-state index contributed by atoms with van der Waals surface area (Å²) in [4.78, 5) is 12.8. The van der Waals surface area contributed by atoms with Gasteiger partial charge in [-0.1, -0.05) is 46.9 Å². The molecule has 0 saturated heterocycles. The van der Waals surface area contributed by atoms with Crippen LogP contribution in [0.3, 0.4) is 0 Å². The highest BCUT2D eigenvalue weighted by Crippen LogP contribution is 2.25. The molecule has 0 saturated carbocycles. The lowest BCUT2D eigenvalue weighted by Gasteiger charge is -2.31. The quantitative estimate of drug-likeness (QED) is 0.478. The number of rotatable bonds is 3. The van der Waals surface area contributed by atoms with Crippen molar-refractivity contribution in [3.8, 4) is 0 Å². The number of hydrogen-bond acceptors (Lipinski definition) is 2. The van der Waals surface area contributed by atoms with E-state index >= 15 is 0 Å². The van der Waals surface area contributed by atoms with Gasteiger partial charge in [-0.2, -0.15) is 5.10 Å². The fourth-order valence-electron chi connectivity index (χ4n) is 1.95. The van der Waals surface area contributed by atoms with Gasteiger partial charge in [0.05, 0.1) is 21.8 Å². The van der Waals surface area contributed by atoms with Gasteiger partial charge in [-0.3, -0.25) is 4.79 Å². The van der Waals surface area contributed by atoms with Crippen LogP contribution in [-0.4, -0.2) is 22.7 Å². The highest BCUT2D eigenvalue weighted by Gasteiger charge is 2.27. The Kier molecular flexibility index (Phi) is 5.92. The molecule has 0 radical (unpaired) electrons. The Hall–Kier alpha value is -1.55. The molecule has 1 amide bonds. The minimum Gasteiger partial charge on any atom is -0.267 e. The SMILES string of the molecule is CC(C)(C)N(/N=C/c1ccc(Cl)cc1)C(=O)c1ccc(Cl)c(Cl)c1. The summed E-state index contributed by atoms with van der Waals surface area (Å²) in [5, 5.41) is 7.16. The van der Waals surface area contributed by atoms with Crippen LogP contribution < -0.4 is 0 Å². The Morgan fingerprint density at radius 1 is 1.00 bits per heavy atom. The van der Waals surface area contributed by atoms with E-state index in [0.717, 1.165) is 5.56 Å². The summed E-state index contributed by atoms with van der Waals surface area (Å²) >= 11 is 17.8. The Bertz CT molecular complexity index is 765. The van der Waals surface area contributed by atoms with E-state index in [1.807, 2.05) is 32.9 Å². The van der Waals surface area contributed by atoms with Gasteiger partial charge in [-0.25, -0.2) is 5.01 Å². The van der Waals surface area contributed by atoms with Crippen LogP contribution in [0.15, 0.2) is 47.6 Å². The maximum atomic E-state index is 12.8. The summed E-state index contributed by atoms with van der Waals surface area (Å²) in [5.41, 5.74) is 0.759. The van der Waals surface area contributed by atoms with Gasteiger partial charge < -0.3 is 0 Å². The predicted molar refractivity (Wildman–Crippen MR) is 101 cm³/mol. The molecule has 0 unspecified atom stereocenters. The van der Waals surface area contributed by atoms with Crippen molar-refractivity contribution in [2.24, 2.45) is 5.10 Å². The first-order valence-electron chi connectivity index (χ1n) is 7.27. The zero-order valence-electron chi connectivity index (χ0n) is 13.6. The molecule has 0 aliphatic heterocycles. The van der Waals surface area contributed by atoms with Gasteiger partial charge in [-0.05, 0) is 56.7 Å². The number of hydrazone groups is 1. The summed E-state index contributed by atoms with van der Waals surface area (Å²) in [6.45, 7) is 5.71. The van der Waals surface area contributed by atoms with Crippen molar-refractivity contribution >= 4 is 46.9 Å². The second kappa shape index (κ2) is 7.56. The fraction of sp³-hybridized carbons (Fsp3) is 0.222. The molecule has 0 bridgehead atoms. The highest BCUT2D eigenvalue weighted by atomic mass is 35.5. The molecule has 24 heavy (non-hydrogen) atoms. The van der Waals surface area contributed by atoms with Gasteiger partial charge in [-0.15, -0.1) is 0 Å². The predicted octanol–water partition coefficient (Wildman–Crippen LogP) is 5.92. The fourth-order valence-corrected chi connectivity index (χ4v) is 2.38. The van der Waals surface area contributed by atoms with Gasteiger partial charge >= 0.3 is 0 Å². The maximum Gasteiger partial charge on any atom is 0.274 e. The number of carbonyl (C=O) groups excluding carboxylic acids is 1. The van der Waals surface area contributed by atoms with Gasteiger partial charge in [0.1, 0.15) is 0 Å². The van der Waals surface area contributed by atoms with Crippen molar-refractivity contribution in [1.82, 2.24) is 5.01 Å². The molecule has 2 aromatic carbocycles. The van der Waals surface area contributed by atoms with Crippen molar-refractivity contribution < 1.29 is 4.79 Å². The van der Waals surface area contributed by atoms with Crippen LogP contribution >= 0.6 is 34.8 Å². The number of nitrogens with zero attached hydrogens (tertiary/aromatic N) is 2. The molecule has 0 fully saturated rings. The summed E-state index contributed by atoms with van der Waals surface area (Å²) < 4.78 is 0. The molecule has 0 atom stereocenters. The van der Waals surface area contributed by atoms with Crippen molar-refractivity contribution in [3.05, 3.63) is 68.7 Å². The standard InChI is InChI=1S/C18H17Cl3N2O/c1-18(2,3)23(22-11-12-4-7-14(19)8-5-12)17(24)13-6-9-15(20)16(21)10-13/h4-11H,1-3H3/b22-11+. The van der Waals surface area contributed by atoms with E-state index in [1.54, 1.807) is 36.5 Å². The summed E-state index contributed by atoms with van der Waals surface area (Å²) in [5.74, 6) is -0.258. The average Bonchev–Trinajstić information content (AvgIpc) is 2.50. The summed E-state index contributed by atoms with van der Waals surface area (Å²) in [7, 11) is 0. The zero-order chi connectivity index (χ0) is 17.9. The molecule has 3 nitrogen and oxygen atoms in total. The molecule has 6 heteroatoms. The van der Waals surface area contributed by atoms with Crippen LogP contribution in [0.1, 0.15) is 36.7 Å². The first kappa shape index (κ1) is 18.8. The van der Waals surface area contributed by atoms with E-state index in [4.69, 9.17) is 34.8 Å². The average molecular weight is 384 g/mol. The lowest BCUT2D eigenvalue weighted by Crippen LogP contribution is -2.42. The Morgan fingerprint density at radius 3 is 2.17 bits per heavy atom. The van der Waals surface area contributed by atoms with Crippen LogP contribution in [0.5, 0.6) is 0 Å². The molecular weight excluding hydrogens is 367 g/mol.